The Hall–Kier alpha value is -1.42. The molecule has 0 saturated carbocycles. The highest BCUT2D eigenvalue weighted by molar-refractivity contribution is 6.36. The van der Waals surface area contributed by atoms with Crippen LogP contribution in [0.2, 0.25) is 5.02 Å². The molecule has 4 nitrogen and oxygen atoms in total. The minimum absolute atomic E-state index is 0.168. The van der Waals surface area contributed by atoms with Gasteiger partial charge in [-0.2, -0.15) is 0 Å². The predicted molar refractivity (Wildman–Crippen MR) is 58.8 cm³/mol. The van der Waals surface area contributed by atoms with Crippen LogP contribution < -0.4 is 15.4 Å². The summed E-state index contributed by atoms with van der Waals surface area (Å²) in [4.78, 5) is 11.7. The number of carbonyl (C=O) groups excluding carboxylic acids is 1. The molecule has 0 fully saturated rings. The van der Waals surface area contributed by atoms with Crippen molar-refractivity contribution in [3.05, 3.63) is 22.7 Å². The van der Waals surface area contributed by atoms with Crippen LogP contribution in [0.1, 0.15) is 10.4 Å². The first-order valence-corrected chi connectivity index (χ1v) is 5.00. The van der Waals surface area contributed by atoms with Crippen LogP contribution >= 0.6 is 11.6 Å². The van der Waals surface area contributed by atoms with Gasteiger partial charge >= 0.3 is 0 Å². The lowest BCUT2D eigenvalue weighted by Gasteiger charge is -2.10. The first-order valence-electron chi connectivity index (χ1n) is 4.62. The molecule has 15 heavy (non-hydrogen) atoms. The molecule has 1 aliphatic heterocycles. The van der Waals surface area contributed by atoms with Gasteiger partial charge in [0.15, 0.2) is 0 Å². The molecule has 5 heteroatoms. The molecule has 1 aromatic carbocycles. The van der Waals surface area contributed by atoms with E-state index in [9.17, 15) is 4.79 Å². The molecule has 1 aromatic rings. The fourth-order valence-corrected chi connectivity index (χ4v) is 1.87. The normalized spacial score (nSPS) is 14.7. The Morgan fingerprint density at radius 2 is 2.07 bits per heavy atom. The lowest BCUT2D eigenvalue weighted by molar-refractivity contribution is 0.0958. The number of hydrogen-bond donors (Lipinski definition) is 2. The fourth-order valence-electron chi connectivity index (χ4n) is 1.55. The second kappa shape index (κ2) is 3.98. The van der Waals surface area contributed by atoms with Gasteiger partial charge < -0.3 is 15.4 Å². The van der Waals surface area contributed by atoms with Crippen molar-refractivity contribution >= 4 is 23.2 Å². The summed E-state index contributed by atoms with van der Waals surface area (Å²) >= 11 is 6.07. The zero-order valence-corrected chi connectivity index (χ0v) is 9.02. The molecule has 0 saturated heterocycles. The van der Waals surface area contributed by atoms with Crippen molar-refractivity contribution in [1.82, 2.24) is 5.32 Å². The van der Waals surface area contributed by atoms with E-state index >= 15 is 0 Å². The summed E-state index contributed by atoms with van der Waals surface area (Å²) in [7, 11) is 1.52. The number of amides is 1. The Morgan fingerprint density at radius 1 is 1.33 bits per heavy atom. The SMILES string of the molecule is COc1ccc2c(c1Cl)C(=O)NCCN2. The molecule has 1 amide bonds. The molecule has 0 atom stereocenters. The van der Waals surface area contributed by atoms with Crippen LogP contribution in [0.4, 0.5) is 5.69 Å². The van der Waals surface area contributed by atoms with Crippen LogP contribution in [-0.2, 0) is 0 Å². The number of methoxy groups -OCH3 is 1. The number of benzene rings is 1. The molecular formula is C10H11ClN2O2. The minimum atomic E-state index is -0.168. The van der Waals surface area contributed by atoms with Crippen molar-refractivity contribution in [1.29, 1.82) is 0 Å². The number of nitrogens with one attached hydrogen (secondary N) is 2. The first kappa shape index (κ1) is 10.1. The molecule has 0 unspecified atom stereocenters. The van der Waals surface area contributed by atoms with Gasteiger partial charge in [-0.25, -0.2) is 0 Å². The molecule has 2 rings (SSSR count). The van der Waals surface area contributed by atoms with Crippen LogP contribution in [0.25, 0.3) is 0 Å². The van der Waals surface area contributed by atoms with Crippen molar-refractivity contribution in [2.75, 3.05) is 25.5 Å². The summed E-state index contributed by atoms with van der Waals surface area (Å²) in [6, 6.07) is 3.54. The zero-order valence-electron chi connectivity index (χ0n) is 8.26. The molecule has 0 spiro atoms. The lowest BCUT2D eigenvalue weighted by atomic mass is 10.1. The van der Waals surface area contributed by atoms with Gasteiger partial charge in [-0.1, -0.05) is 11.6 Å². The van der Waals surface area contributed by atoms with E-state index in [-0.39, 0.29) is 5.91 Å². The Kier molecular flexibility index (Phi) is 2.68. The van der Waals surface area contributed by atoms with E-state index < -0.39 is 0 Å². The van der Waals surface area contributed by atoms with Crippen molar-refractivity contribution in [2.45, 2.75) is 0 Å². The Balaban J connectivity index is 2.57. The molecule has 1 heterocycles. The smallest absolute Gasteiger partial charge is 0.255 e. The second-order valence-electron chi connectivity index (χ2n) is 3.19. The number of fused-ring (bicyclic) bond motifs is 1. The van der Waals surface area contributed by atoms with Gasteiger partial charge in [-0.05, 0) is 12.1 Å². The lowest BCUT2D eigenvalue weighted by Crippen LogP contribution is -2.24. The van der Waals surface area contributed by atoms with E-state index in [1.165, 1.54) is 7.11 Å². The fraction of sp³-hybridized carbons (Fsp3) is 0.300. The minimum Gasteiger partial charge on any atom is -0.495 e. The van der Waals surface area contributed by atoms with E-state index in [1.54, 1.807) is 12.1 Å². The molecule has 80 valence electrons. The number of rotatable bonds is 1. The molecule has 1 aliphatic rings. The average molecular weight is 227 g/mol. The van der Waals surface area contributed by atoms with Crippen LogP contribution in [0, 0.1) is 0 Å². The maximum Gasteiger partial charge on any atom is 0.255 e. The zero-order chi connectivity index (χ0) is 10.8. The largest absolute Gasteiger partial charge is 0.495 e. The van der Waals surface area contributed by atoms with E-state index in [4.69, 9.17) is 16.3 Å². The van der Waals surface area contributed by atoms with Crippen LogP contribution in [-0.4, -0.2) is 26.1 Å². The molecule has 0 aliphatic carbocycles. The molecular weight excluding hydrogens is 216 g/mol. The molecule has 0 aromatic heterocycles. The van der Waals surface area contributed by atoms with E-state index in [0.29, 0.717) is 29.4 Å². The third kappa shape index (κ3) is 1.72. The third-order valence-corrected chi connectivity index (χ3v) is 2.65. The Bertz CT molecular complexity index is 407. The summed E-state index contributed by atoms with van der Waals surface area (Å²) in [5.74, 6) is 0.341. The van der Waals surface area contributed by atoms with Gasteiger partial charge in [0.1, 0.15) is 5.75 Å². The number of anilines is 1. The highest BCUT2D eigenvalue weighted by Gasteiger charge is 2.20. The quantitative estimate of drug-likeness (QED) is 0.763. The number of halogens is 1. The number of hydrogen-bond acceptors (Lipinski definition) is 3. The van der Waals surface area contributed by atoms with E-state index in [1.807, 2.05) is 0 Å². The third-order valence-electron chi connectivity index (χ3n) is 2.28. The van der Waals surface area contributed by atoms with Gasteiger partial charge in [0.25, 0.3) is 5.91 Å². The topological polar surface area (TPSA) is 50.4 Å². The van der Waals surface area contributed by atoms with Crippen molar-refractivity contribution in [3.8, 4) is 5.75 Å². The molecule has 2 N–H and O–H groups in total. The van der Waals surface area contributed by atoms with Crippen molar-refractivity contribution < 1.29 is 9.53 Å². The van der Waals surface area contributed by atoms with Gasteiger partial charge in [-0.3, -0.25) is 4.79 Å². The van der Waals surface area contributed by atoms with Crippen molar-refractivity contribution in [3.63, 3.8) is 0 Å². The van der Waals surface area contributed by atoms with E-state index in [0.717, 1.165) is 5.69 Å². The standard InChI is InChI=1S/C10H11ClN2O2/c1-15-7-3-2-6-8(9(7)11)10(14)13-5-4-12-6/h2-3,12H,4-5H2,1H3,(H,13,14). The monoisotopic (exact) mass is 226 g/mol. The van der Waals surface area contributed by atoms with Gasteiger partial charge in [0.2, 0.25) is 0 Å². The highest BCUT2D eigenvalue weighted by atomic mass is 35.5. The summed E-state index contributed by atoms with van der Waals surface area (Å²) in [6.07, 6.45) is 0. The maximum absolute atomic E-state index is 11.7. The van der Waals surface area contributed by atoms with Gasteiger partial charge in [-0.15, -0.1) is 0 Å². The number of carbonyl (C=O) groups is 1. The molecule has 0 radical (unpaired) electrons. The summed E-state index contributed by atoms with van der Waals surface area (Å²) < 4.78 is 5.06. The summed E-state index contributed by atoms with van der Waals surface area (Å²) in [5.41, 5.74) is 1.20. The first-order chi connectivity index (χ1) is 7.24. The summed E-state index contributed by atoms with van der Waals surface area (Å²) in [5, 5.41) is 6.22. The van der Waals surface area contributed by atoms with Crippen molar-refractivity contribution in [2.24, 2.45) is 0 Å². The van der Waals surface area contributed by atoms with Crippen LogP contribution in [0.5, 0.6) is 5.75 Å². The number of ether oxygens (including phenoxy) is 1. The molecule has 0 bridgehead atoms. The highest BCUT2D eigenvalue weighted by Crippen LogP contribution is 2.33. The predicted octanol–water partition coefficient (Wildman–Crippen LogP) is 1.50. The van der Waals surface area contributed by atoms with Gasteiger partial charge in [0, 0.05) is 18.8 Å². The Labute approximate surface area is 92.6 Å². The van der Waals surface area contributed by atoms with Crippen LogP contribution in [0.3, 0.4) is 0 Å². The summed E-state index contributed by atoms with van der Waals surface area (Å²) in [6.45, 7) is 1.29. The van der Waals surface area contributed by atoms with E-state index in [2.05, 4.69) is 10.6 Å². The van der Waals surface area contributed by atoms with Crippen LogP contribution in [0.15, 0.2) is 12.1 Å². The van der Waals surface area contributed by atoms with Gasteiger partial charge in [0.05, 0.1) is 17.7 Å². The maximum atomic E-state index is 11.7. The second-order valence-corrected chi connectivity index (χ2v) is 3.57. The Morgan fingerprint density at radius 3 is 2.80 bits per heavy atom. The average Bonchev–Trinajstić information content (AvgIpc) is 2.41.